The van der Waals surface area contributed by atoms with Gasteiger partial charge in [0.1, 0.15) is 6.07 Å². The highest BCUT2D eigenvalue weighted by molar-refractivity contribution is 5.76. The van der Waals surface area contributed by atoms with Crippen LogP contribution in [0.5, 0.6) is 0 Å². The maximum Gasteiger partial charge on any atom is 0.407 e. The van der Waals surface area contributed by atoms with Crippen LogP contribution in [0, 0.1) is 11.3 Å². The van der Waals surface area contributed by atoms with E-state index in [0.29, 0.717) is 31.8 Å². The highest BCUT2D eigenvalue weighted by Crippen LogP contribution is 2.15. The Balaban J connectivity index is 2.05. The van der Waals surface area contributed by atoms with Crippen molar-refractivity contribution in [3.63, 3.8) is 0 Å². The smallest absolute Gasteiger partial charge is 0.407 e. The van der Waals surface area contributed by atoms with Crippen LogP contribution in [0.3, 0.4) is 0 Å². The SMILES string of the molecule is N#CC(=CN1CCN(C(=O)O)CC1)c1ccccc1. The van der Waals surface area contributed by atoms with Gasteiger partial charge in [0.2, 0.25) is 0 Å². The summed E-state index contributed by atoms with van der Waals surface area (Å²) in [5, 5.41) is 18.1. The molecule has 1 aliphatic heterocycles. The van der Waals surface area contributed by atoms with Crippen LogP contribution >= 0.6 is 0 Å². The number of nitriles is 1. The molecule has 1 N–H and O–H groups in total. The van der Waals surface area contributed by atoms with Crippen LogP contribution in [0.2, 0.25) is 0 Å². The maximum atomic E-state index is 10.8. The first-order valence-corrected chi connectivity index (χ1v) is 6.10. The standard InChI is InChI=1S/C14H15N3O2/c15-10-13(12-4-2-1-3-5-12)11-16-6-8-17(9-7-16)14(18)19/h1-5,11H,6-9H2,(H,18,19). The number of piperazine rings is 1. The second-order valence-corrected chi connectivity index (χ2v) is 4.33. The summed E-state index contributed by atoms with van der Waals surface area (Å²) in [6, 6.07) is 11.7. The van der Waals surface area contributed by atoms with Gasteiger partial charge in [-0.25, -0.2) is 4.79 Å². The number of carboxylic acid groups (broad SMARTS) is 1. The zero-order valence-corrected chi connectivity index (χ0v) is 10.5. The number of benzene rings is 1. The van der Waals surface area contributed by atoms with Crippen molar-refractivity contribution in [3.8, 4) is 6.07 Å². The van der Waals surface area contributed by atoms with Gasteiger partial charge in [0, 0.05) is 32.4 Å². The molecule has 1 heterocycles. The number of allylic oxidation sites excluding steroid dienone is 1. The van der Waals surface area contributed by atoms with Gasteiger partial charge in [-0.15, -0.1) is 0 Å². The number of hydrogen-bond acceptors (Lipinski definition) is 3. The monoisotopic (exact) mass is 257 g/mol. The first kappa shape index (κ1) is 13.0. The van der Waals surface area contributed by atoms with E-state index in [0.717, 1.165) is 5.56 Å². The molecule has 0 spiro atoms. The van der Waals surface area contributed by atoms with E-state index in [1.54, 1.807) is 0 Å². The molecule has 98 valence electrons. The van der Waals surface area contributed by atoms with Crippen molar-refractivity contribution >= 4 is 11.7 Å². The van der Waals surface area contributed by atoms with Crippen LogP contribution in [-0.2, 0) is 0 Å². The van der Waals surface area contributed by atoms with Gasteiger partial charge in [-0.1, -0.05) is 30.3 Å². The van der Waals surface area contributed by atoms with Gasteiger partial charge in [0.15, 0.2) is 0 Å². The lowest BCUT2D eigenvalue weighted by Crippen LogP contribution is -2.46. The third-order valence-electron chi connectivity index (χ3n) is 3.10. The molecule has 1 aromatic rings. The summed E-state index contributed by atoms with van der Waals surface area (Å²) in [5.41, 5.74) is 1.48. The lowest BCUT2D eigenvalue weighted by atomic mass is 10.1. The summed E-state index contributed by atoms with van der Waals surface area (Å²) in [7, 11) is 0. The maximum absolute atomic E-state index is 10.8. The summed E-state index contributed by atoms with van der Waals surface area (Å²) in [4.78, 5) is 14.2. The molecule has 19 heavy (non-hydrogen) atoms. The fourth-order valence-electron chi connectivity index (χ4n) is 2.01. The van der Waals surface area contributed by atoms with Crippen molar-refractivity contribution in [1.29, 1.82) is 5.26 Å². The van der Waals surface area contributed by atoms with Gasteiger partial charge < -0.3 is 14.9 Å². The third-order valence-corrected chi connectivity index (χ3v) is 3.10. The van der Waals surface area contributed by atoms with Crippen LogP contribution in [0.1, 0.15) is 5.56 Å². The molecule has 1 amide bonds. The van der Waals surface area contributed by atoms with Crippen molar-refractivity contribution in [1.82, 2.24) is 9.80 Å². The summed E-state index contributed by atoms with van der Waals surface area (Å²) >= 11 is 0. The molecule has 0 aromatic heterocycles. The molecule has 0 saturated carbocycles. The first-order chi connectivity index (χ1) is 9.20. The predicted octanol–water partition coefficient (Wildman–Crippen LogP) is 1.85. The van der Waals surface area contributed by atoms with Crippen molar-refractivity contribution in [2.45, 2.75) is 0 Å². The first-order valence-electron chi connectivity index (χ1n) is 6.10. The van der Waals surface area contributed by atoms with E-state index in [1.165, 1.54) is 4.90 Å². The Morgan fingerprint density at radius 1 is 1.21 bits per heavy atom. The molecule has 1 fully saturated rings. The second-order valence-electron chi connectivity index (χ2n) is 4.33. The minimum absolute atomic E-state index is 0.472. The minimum atomic E-state index is -0.882. The molecule has 1 aliphatic rings. The normalized spacial score (nSPS) is 16.1. The Morgan fingerprint density at radius 2 is 1.84 bits per heavy atom. The van der Waals surface area contributed by atoms with Crippen molar-refractivity contribution in [3.05, 3.63) is 42.1 Å². The van der Waals surface area contributed by atoms with Gasteiger partial charge in [0.25, 0.3) is 0 Å². The van der Waals surface area contributed by atoms with E-state index in [-0.39, 0.29) is 0 Å². The average Bonchev–Trinajstić information content (AvgIpc) is 2.46. The summed E-state index contributed by atoms with van der Waals surface area (Å²) < 4.78 is 0. The second kappa shape index (κ2) is 5.91. The van der Waals surface area contributed by atoms with Gasteiger partial charge in [0.05, 0.1) is 5.57 Å². The lowest BCUT2D eigenvalue weighted by Gasteiger charge is -2.32. The number of amides is 1. The minimum Gasteiger partial charge on any atom is -0.465 e. The summed E-state index contributed by atoms with van der Waals surface area (Å²) in [6.45, 7) is 2.17. The van der Waals surface area contributed by atoms with Crippen molar-refractivity contribution in [2.24, 2.45) is 0 Å². The molecule has 5 heteroatoms. The van der Waals surface area contributed by atoms with Crippen LogP contribution in [-0.4, -0.2) is 47.2 Å². The van der Waals surface area contributed by atoms with Crippen LogP contribution < -0.4 is 0 Å². The van der Waals surface area contributed by atoms with Gasteiger partial charge in [-0.05, 0) is 5.56 Å². The van der Waals surface area contributed by atoms with Crippen LogP contribution in [0.25, 0.3) is 5.57 Å². The molecule has 1 saturated heterocycles. The average molecular weight is 257 g/mol. The fourth-order valence-corrected chi connectivity index (χ4v) is 2.01. The largest absolute Gasteiger partial charge is 0.465 e. The van der Waals surface area contributed by atoms with Crippen LogP contribution in [0.4, 0.5) is 4.79 Å². The van der Waals surface area contributed by atoms with Crippen LogP contribution in [0.15, 0.2) is 36.5 Å². The summed E-state index contributed by atoms with van der Waals surface area (Å²) in [6.07, 6.45) is 0.932. The number of carbonyl (C=O) groups is 1. The quantitative estimate of drug-likeness (QED) is 0.821. The fraction of sp³-hybridized carbons (Fsp3) is 0.286. The van der Waals surface area contributed by atoms with E-state index in [9.17, 15) is 10.1 Å². The molecule has 0 aliphatic carbocycles. The van der Waals surface area contributed by atoms with Gasteiger partial charge in [-0.2, -0.15) is 5.26 Å². The topological polar surface area (TPSA) is 67.6 Å². The van der Waals surface area contributed by atoms with E-state index in [4.69, 9.17) is 5.11 Å². The highest BCUT2D eigenvalue weighted by Gasteiger charge is 2.18. The van der Waals surface area contributed by atoms with Crippen molar-refractivity contribution in [2.75, 3.05) is 26.2 Å². The van der Waals surface area contributed by atoms with Gasteiger partial charge >= 0.3 is 6.09 Å². The molecule has 5 nitrogen and oxygen atoms in total. The molecule has 0 unspecified atom stereocenters. The number of hydrogen-bond donors (Lipinski definition) is 1. The van der Waals surface area contributed by atoms with E-state index >= 15 is 0 Å². The van der Waals surface area contributed by atoms with E-state index in [2.05, 4.69) is 6.07 Å². The molecular weight excluding hydrogens is 242 g/mol. The molecule has 0 bridgehead atoms. The highest BCUT2D eigenvalue weighted by atomic mass is 16.4. The Bertz CT molecular complexity index is 511. The molecule has 0 radical (unpaired) electrons. The Labute approximate surface area is 112 Å². The Hall–Kier alpha value is -2.48. The number of nitrogens with zero attached hydrogens (tertiary/aromatic N) is 3. The predicted molar refractivity (Wildman–Crippen MR) is 71.2 cm³/mol. The molecular formula is C14H15N3O2. The molecule has 0 atom stereocenters. The molecule has 2 rings (SSSR count). The lowest BCUT2D eigenvalue weighted by molar-refractivity contribution is 0.120. The Morgan fingerprint density at radius 3 is 2.37 bits per heavy atom. The van der Waals surface area contributed by atoms with Gasteiger partial charge in [-0.3, -0.25) is 0 Å². The van der Waals surface area contributed by atoms with E-state index in [1.807, 2.05) is 41.4 Å². The molecule has 1 aromatic carbocycles. The summed E-state index contributed by atoms with van der Waals surface area (Å²) in [5.74, 6) is 0. The van der Waals surface area contributed by atoms with Crippen molar-refractivity contribution < 1.29 is 9.90 Å². The van der Waals surface area contributed by atoms with E-state index < -0.39 is 6.09 Å². The number of rotatable bonds is 2. The zero-order valence-electron chi connectivity index (χ0n) is 10.5. The zero-order chi connectivity index (χ0) is 13.7. The third kappa shape index (κ3) is 3.26. The Kier molecular flexibility index (Phi) is 4.04.